The van der Waals surface area contributed by atoms with Crippen molar-refractivity contribution in [1.29, 1.82) is 0 Å². The molecule has 0 radical (unpaired) electrons. The summed E-state index contributed by atoms with van der Waals surface area (Å²) in [6.07, 6.45) is 0.481. The minimum Gasteiger partial charge on any atom is -0.481 e. The van der Waals surface area contributed by atoms with E-state index in [2.05, 4.69) is 9.97 Å². The van der Waals surface area contributed by atoms with Crippen LogP contribution in [-0.4, -0.2) is 44.9 Å². The number of carboxylic acids is 1. The Bertz CT molecular complexity index is 669. The fraction of sp³-hybridized carbons (Fsp3) is 0.538. The Kier molecular flexibility index (Phi) is 4.25. The van der Waals surface area contributed by atoms with Gasteiger partial charge in [0, 0.05) is 36.7 Å². The van der Waals surface area contributed by atoms with Gasteiger partial charge in [0.15, 0.2) is 0 Å². The minimum absolute atomic E-state index is 0.0182. The number of nitrogens with zero attached hydrogens (tertiary/aromatic N) is 1. The van der Waals surface area contributed by atoms with Gasteiger partial charge in [-0.2, -0.15) is 0 Å². The number of hydrogen-bond donors (Lipinski definition) is 3. The Morgan fingerprint density at radius 2 is 1.95 bits per heavy atom. The molecule has 0 atom stereocenters. The maximum absolute atomic E-state index is 11.9. The molecule has 21 heavy (non-hydrogen) atoms. The van der Waals surface area contributed by atoms with E-state index in [-0.39, 0.29) is 31.1 Å². The largest absolute Gasteiger partial charge is 0.481 e. The number of carbonyl (C=O) groups excluding carboxylic acids is 1. The van der Waals surface area contributed by atoms with Gasteiger partial charge >= 0.3 is 11.7 Å². The molecule has 0 spiro atoms. The summed E-state index contributed by atoms with van der Waals surface area (Å²) in [4.78, 5) is 51.3. The lowest BCUT2D eigenvalue weighted by atomic mass is 9.95. The zero-order valence-electron chi connectivity index (χ0n) is 11.6. The Morgan fingerprint density at radius 1 is 1.29 bits per heavy atom. The molecule has 114 valence electrons. The van der Waals surface area contributed by atoms with Crippen LogP contribution in [0.1, 0.15) is 24.1 Å². The molecule has 0 unspecified atom stereocenters. The number of aromatic nitrogens is 2. The summed E-state index contributed by atoms with van der Waals surface area (Å²) in [6.45, 7) is 2.52. The zero-order chi connectivity index (χ0) is 15.6. The molecular weight excluding hydrogens is 278 g/mol. The van der Waals surface area contributed by atoms with Crippen molar-refractivity contribution in [3.05, 3.63) is 32.1 Å². The highest BCUT2D eigenvalue weighted by Crippen LogP contribution is 2.20. The normalized spacial score (nSPS) is 14.8. The molecule has 0 aliphatic carbocycles. The molecular formula is C13H17N3O5. The van der Waals surface area contributed by atoms with Crippen LogP contribution < -0.4 is 11.2 Å². The van der Waals surface area contributed by atoms with Crippen molar-refractivity contribution in [3.63, 3.8) is 0 Å². The summed E-state index contributed by atoms with van der Waals surface area (Å²) in [7, 11) is 0. The molecule has 0 bridgehead atoms. The summed E-state index contributed by atoms with van der Waals surface area (Å²) in [5.74, 6) is -0.950. The average Bonchev–Trinajstić information content (AvgIpc) is 2.31. The van der Waals surface area contributed by atoms with Crippen molar-refractivity contribution in [2.45, 2.75) is 26.2 Å². The van der Waals surface area contributed by atoms with E-state index < -0.39 is 17.2 Å². The molecule has 2 rings (SSSR count). The van der Waals surface area contributed by atoms with Gasteiger partial charge in [0.1, 0.15) is 0 Å². The van der Waals surface area contributed by atoms with Crippen molar-refractivity contribution in [2.75, 3.05) is 13.1 Å². The number of amides is 1. The first-order chi connectivity index (χ1) is 9.86. The number of carbonyl (C=O) groups is 2. The number of H-pyrrole nitrogens is 2. The lowest BCUT2D eigenvalue weighted by Gasteiger charge is -2.38. The third-order valence-electron chi connectivity index (χ3n) is 3.62. The fourth-order valence-corrected chi connectivity index (χ4v) is 2.47. The second-order valence-electron chi connectivity index (χ2n) is 5.27. The number of aliphatic carboxylic acids is 1. The van der Waals surface area contributed by atoms with Crippen molar-refractivity contribution in [1.82, 2.24) is 14.9 Å². The molecule has 1 aromatic rings. The van der Waals surface area contributed by atoms with E-state index >= 15 is 0 Å². The third-order valence-corrected chi connectivity index (χ3v) is 3.62. The van der Waals surface area contributed by atoms with Crippen molar-refractivity contribution >= 4 is 11.9 Å². The third kappa shape index (κ3) is 3.59. The van der Waals surface area contributed by atoms with E-state index in [4.69, 9.17) is 5.11 Å². The summed E-state index contributed by atoms with van der Waals surface area (Å²) in [5, 5.41) is 8.64. The maximum Gasteiger partial charge on any atom is 0.325 e. The number of aromatic amines is 2. The molecule has 8 heteroatoms. The summed E-state index contributed by atoms with van der Waals surface area (Å²) in [5.41, 5.74) is -0.183. The summed E-state index contributed by atoms with van der Waals surface area (Å²) < 4.78 is 0. The number of rotatable bonds is 5. The molecule has 1 fully saturated rings. The van der Waals surface area contributed by atoms with E-state index in [0.29, 0.717) is 24.3 Å². The Balaban J connectivity index is 1.87. The Hall–Kier alpha value is -2.38. The molecule has 1 aliphatic rings. The van der Waals surface area contributed by atoms with Crippen LogP contribution in [0.2, 0.25) is 0 Å². The second kappa shape index (κ2) is 5.94. The van der Waals surface area contributed by atoms with E-state index in [1.807, 2.05) is 0 Å². The highest BCUT2D eigenvalue weighted by Gasteiger charge is 2.31. The first kappa shape index (κ1) is 15.0. The van der Waals surface area contributed by atoms with Gasteiger partial charge in [0.05, 0.1) is 6.42 Å². The van der Waals surface area contributed by atoms with Crippen LogP contribution >= 0.6 is 0 Å². The molecule has 1 amide bonds. The average molecular weight is 295 g/mol. The molecule has 1 aromatic heterocycles. The summed E-state index contributed by atoms with van der Waals surface area (Å²) in [6, 6.07) is 0. The predicted molar refractivity (Wildman–Crippen MR) is 73.1 cm³/mol. The summed E-state index contributed by atoms with van der Waals surface area (Å²) >= 11 is 0. The van der Waals surface area contributed by atoms with Gasteiger partial charge in [-0.25, -0.2) is 4.79 Å². The predicted octanol–water partition coefficient (Wildman–Crippen LogP) is -0.763. The first-order valence-corrected chi connectivity index (χ1v) is 6.68. The number of aryl methyl sites for hydroxylation is 1. The van der Waals surface area contributed by atoms with Crippen LogP contribution in [0.15, 0.2) is 9.59 Å². The maximum atomic E-state index is 11.9. The number of carboxylic acid groups (broad SMARTS) is 1. The quantitative estimate of drug-likeness (QED) is 0.658. The second-order valence-corrected chi connectivity index (χ2v) is 5.27. The van der Waals surface area contributed by atoms with Crippen LogP contribution in [-0.2, 0) is 16.0 Å². The molecule has 8 nitrogen and oxygen atoms in total. The van der Waals surface area contributed by atoms with Gasteiger partial charge in [-0.15, -0.1) is 0 Å². The Morgan fingerprint density at radius 3 is 2.52 bits per heavy atom. The highest BCUT2D eigenvalue weighted by molar-refractivity contribution is 5.77. The van der Waals surface area contributed by atoms with Gasteiger partial charge in [0.2, 0.25) is 5.91 Å². The highest BCUT2D eigenvalue weighted by atomic mass is 16.4. The fourth-order valence-electron chi connectivity index (χ4n) is 2.47. The number of nitrogens with one attached hydrogen (secondary N) is 2. The standard InChI is InChI=1S/C13H17N3O5/c1-7-9(12(20)15-13(21)14-7)2-3-10(17)16-5-8(6-16)4-11(18)19/h8H,2-6H2,1H3,(H,18,19)(H2,14,15,20,21). The lowest BCUT2D eigenvalue weighted by Crippen LogP contribution is -2.50. The van der Waals surface area contributed by atoms with Crippen LogP contribution in [0.5, 0.6) is 0 Å². The van der Waals surface area contributed by atoms with Crippen LogP contribution in [0.4, 0.5) is 0 Å². The van der Waals surface area contributed by atoms with E-state index in [1.165, 1.54) is 0 Å². The van der Waals surface area contributed by atoms with E-state index in [1.54, 1.807) is 11.8 Å². The molecule has 2 heterocycles. The molecule has 1 saturated heterocycles. The lowest BCUT2D eigenvalue weighted by molar-refractivity contribution is -0.145. The van der Waals surface area contributed by atoms with Gasteiger partial charge in [-0.1, -0.05) is 0 Å². The zero-order valence-corrected chi connectivity index (χ0v) is 11.6. The van der Waals surface area contributed by atoms with E-state index in [9.17, 15) is 19.2 Å². The van der Waals surface area contributed by atoms with Crippen molar-refractivity contribution in [2.24, 2.45) is 5.92 Å². The van der Waals surface area contributed by atoms with Crippen LogP contribution in [0.25, 0.3) is 0 Å². The van der Waals surface area contributed by atoms with Crippen LogP contribution in [0.3, 0.4) is 0 Å². The molecule has 0 aromatic carbocycles. The van der Waals surface area contributed by atoms with Gasteiger partial charge < -0.3 is 15.0 Å². The van der Waals surface area contributed by atoms with Gasteiger partial charge in [-0.05, 0) is 13.3 Å². The topological polar surface area (TPSA) is 123 Å². The smallest absolute Gasteiger partial charge is 0.325 e. The number of hydrogen-bond acceptors (Lipinski definition) is 4. The van der Waals surface area contributed by atoms with Gasteiger partial charge in [-0.3, -0.25) is 19.4 Å². The molecule has 0 saturated carbocycles. The van der Waals surface area contributed by atoms with Crippen molar-refractivity contribution < 1.29 is 14.7 Å². The minimum atomic E-state index is -0.859. The van der Waals surface area contributed by atoms with Crippen LogP contribution in [0, 0.1) is 12.8 Å². The van der Waals surface area contributed by atoms with E-state index in [0.717, 1.165) is 0 Å². The first-order valence-electron chi connectivity index (χ1n) is 6.68. The molecule has 3 N–H and O–H groups in total. The molecule has 1 aliphatic heterocycles. The van der Waals surface area contributed by atoms with Gasteiger partial charge in [0.25, 0.3) is 5.56 Å². The number of likely N-dealkylation sites (tertiary alicyclic amines) is 1. The van der Waals surface area contributed by atoms with Crippen molar-refractivity contribution in [3.8, 4) is 0 Å². The Labute approximate surface area is 119 Å². The monoisotopic (exact) mass is 295 g/mol. The SMILES string of the molecule is Cc1[nH]c(=O)[nH]c(=O)c1CCC(=O)N1CC(CC(=O)O)C1.